The molecule has 0 saturated carbocycles. The molecule has 1 amide bonds. The summed E-state index contributed by atoms with van der Waals surface area (Å²) in [7, 11) is 2.77. The molecule has 0 fully saturated rings. The van der Waals surface area contributed by atoms with E-state index in [1.165, 1.54) is 14.2 Å². The van der Waals surface area contributed by atoms with Gasteiger partial charge in [0, 0.05) is 12.1 Å². The second-order valence-corrected chi connectivity index (χ2v) is 14.3. The van der Waals surface area contributed by atoms with Crippen LogP contribution in [0.25, 0.3) is 5.57 Å². The van der Waals surface area contributed by atoms with Crippen molar-refractivity contribution in [2.24, 2.45) is 0 Å². The first-order valence-corrected chi connectivity index (χ1v) is 20.4. The molecule has 0 aliphatic rings. The molecule has 0 aliphatic heterocycles. The zero-order valence-corrected chi connectivity index (χ0v) is 36.1. The van der Waals surface area contributed by atoms with Gasteiger partial charge in [-0.2, -0.15) is 0 Å². The van der Waals surface area contributed by atoms with Crippen LogP contribution in [0, 0.1) is 0 Å². The first kappa shape index (κ1) is 47.5. The van der Waals surface area contributed by atoms with Crippen molar-refractivity contribution >= 4 is 58.4 Å². The van der Waals surface area contributed by atoms with Crippen molar-refractivity contribution in [3.8, 4) is 11.5 Å². The van der Waals surface area contributed by atoms with Gasteiger partial charge in [0.2, 0.25) is 5.91 Å². The average molecular weight is 899 g/mol. The van der Waals surface area contributed by atoms with Crippen LogP contribution in [-0.2, 0) is 46.5 Å². The molecule has 1 N–H and O–H groups in total. The average Bonchev–Trinajstić information content (AvgIpc) is 3.30. The highest BCUT2D eigenvalue weighted by molar-refractivity contribution is 6.33. The van der Waals surface area contributed by atoms with Crippen LogP contribution in [0.5, 0.6) is 11.5 Å². The molecule has 5 aromatic carbocycles. The highest BCUT2D eigenvalue weighted by atomic mass is 35.5. The Labute approximate surface area is 374 Å². The highest BCUT2D eigenvalue weighted by Crippen LogP contribution is 2.39. The van der Waals surface area contributed by atoms with Gasteiger partial charge in [-0.1, -0.05) is 120 Å². The molecular formula is C48H45Cl2NO12. The summed E-state index contributed by atoms with van der Waals surface area (Å²) in [6, 6.07) is 33.1. The fraction of sp³-hybridized carbons (Fsp3) is 0.229. The largest absolute Gasteiger partial charge is 0.494 e. The summed E-state index contributed by atoms with van der Waals surface area (Å²) >= 11 is 13.5. The van der Waals surface area contributed by atoms with Crippen LogP contribution in [0.1, 0.15) is 59.7 Å². The molecule has 5 rings (SSSR count). The first-order chi connectivity index (χ1) is 30.6. The number of benzene rings is 5. The molecule has 0 aromatic heterocycles. The molecule has 63 heavy (non-hydrogen) atoms. The number of Topliss-reactive ketones (excluding diaryl/α,β-unsaturated/α-hetero) is 1. The second-order valence-electron chi connectivity index (χ2n) is 13.5. The minimum absolute atomic E-state index is 0.000268. The van der Waals surface area contributed by atoms with Crippen LogP contribution in [0.15, 0.2) is 121 Å². The molecule has 15 heteroatoms. The maximum absolute atomic E-state index is 13.6. The fourth-order valence-electron chi connectivity index (χ4n) is 6.03. The molecule has 0 unspecified atom stereocenters. The lowest BCUT2D eigenvalue weighted by Crippen LogP contribution is -2.29. The van der Waals surface area contributed by atoms with Crippen molar-refractivity contribution in [1.82, 2.24) is 5.32 Å². The van der Waals surface area contributed by atoms with Crippen molar-refractivity contribution in [2.45, 2.75) is 19.6 Å². The van der Waals surface area contributed by atoms with E-state index in [1.54, 1.807) is 60.7 Å². The Kier molecular flexibility index (Phi) is 18.7. The van der Waals surface area contributed by atoms with E-state index in [9.17, 15) is 24.0 Å². The Bertz CT molecular complexity index is 2260. The Balaban J connectivity index is 1.26. The minimum Gasteiger partial charge on any atom is -0.494 e. The molecule has 0 atom stereocenters. The van der Waals surface area contributed by atoms with Crippen LogP contribution >= 0.6 is 23.2 Å². The molecule has 13 nitrogen and oxygen atoms in total. The monoisotopic (exact) mass is 897 g/mol. The number of hydrogen-bond donors (Lipinski definition) is 1. The van der Waals surface area contributed by atoms with Gasteiger partial charge in [0.15, 0.2) is 23.9 Å². The van der Waals surface area contributed by atoms with Crippen LogP contribution < -0.4 is 14.8 Å². The third-order valence-corrected chi connectivity index (χ3v) is 9.64. The van der Waals surface area contributed by atoms with Crippen molar-refractivity contribution in [3.63, 3.8) is 0 Å². The Morgan fingerprint density at radius 3 is 1.54 bits per heavy atom. The number of esters is 3. The Morgan fingerprint density at radius 2 is 1.05 bits per heavy atom. The van der Waals surface area contributed by atoms with E-state index in [2.05, 4.69) is 5.32 Å². The van der Waals surface area contributed by atoms with E-state index in [0.29, 0.717) is 22.3 Å². The normalized spacial score (nSPS) is 10.6. The molecule has 0 radical (unpaired) electrons. The maximum Gasteiger partial charge on any atom is 0.342 e. The van der Waals surface area contributed by atoms with E-state index in [4.69, 9.17) is 56.4 Å². The van der Waals surface area contributed by atoms with Crippen molar-refractivity contribution < 1.29 is 57.1 Å². The molecule has 0 saturated heterocycles. The van der Waals surface area contributed by atoms with Crippen molar-refractivity contribution in [1.29, 1.82) is 0 Å². The third-order valence-electron chi connectivity index (χ3n) is 9.08. The van der Waals surface area contributed by atoms with Crippen molar-refractivity contribution in [2.75, 3.05) is 53.8 Å². The summed E-state index contributed by atoms with van der Waals surface area (Å²) in [4.78, 5) is 63.8. The summed E-state index contributed by atoms with van der Waals surface area (Å²) in [5.41, 5.74) is 3.46. The van der Waals surface area contributed by atoms with E-state index in [-0.39, 0.29) is 84.5 Å². The topological polar surface area (TPSA) is 162 Å². The van der Waals surface area contributed by atoms with Gasteiger partial charge in [-0.15, -0.1) is 0 Å². The van der Waals surface area contributed by atoms with Gasteiger partial charge < -0.3 is 38.5 Å². The molecular weight excluding hydrogens is 853 g/mol. The second kappa shape index (κ2) is 24.8. The van der Waals surface area contributed by atoms with E-state index < -0.39 is 37.0 Å². The molecule has 0 heterocycles. The van der Waals surface area contributed by atoms with Gasteiger partial charge >= 0.3 is 17.9 Å². The highest BCUT2D eigenvalue weighted by Gasteiger charge is 2.24. The van der Waals surface area contributed by atoms with E-state index in [0.717, 1.165) is 11.1 Å². The molecule has 5 aromatic rings. The quantitative estimate of drug-likeness (QED) is 0.0291. The summed E-state index contributed by atoms with van der Waals surface area (Å²) in [6.45, 7) is -0.924. The summed E-state index contributed by atoms with van der Waals surface area (Å²) in [6.07, 6.45) is 2.05. The number of hydrogen-bond acceptors (Lipinski definition) is 12. The number of amides is 1. The summed E-state index contributed by atoms with van der Waals surface area (Å²) in [5, 5.41) is 3.00. The standard InChI is InChI=1S/C48H45Cl2NO12/c1-57-45-38(47(55)62-27-32-13-6-3-7-14-32)23-35(25-40(45)49)37(36-24-39(46(58-2)41(50)26-36)48(56)63-28-33-15-8-4-9-16-33)19-12-20-51-43(53)30-59-21-22-60-31-44(54)61-29-42(52)34-17-10-5-11-18-34/h3-11,13-19,23-26H,12,20-22,27-31H2,1-2H3,(H,51,53). The van der Waals surface area contributed by atoms with Gasteiger partial charge in [-0.3, -0.25) is 9.59 Å². The van der Waals surface area contributed by atoms with Gasteiger partial charge in [-0.05, 0) is 58.5 Å². The maximum atomic E-state index is 13.6. The summed E-state index contributed by atoms with van der Waals surface area (Å²) in [5.74, 6) is -2.65. The predicted octanol–water partition coefficient (Wildman–Crippen LogP) is 8.12. The number of rotatable bonds is 23. The van der Waals surface area contributed by atoms with Gasteiger partial charge in [0.1, 0.15) is 37.6 Å². The van der Waals surface area contributed by atoms with Crippen LogP contribution in [-0.4, -0.2) is 83.4 Å². The predicted molar refractivity (Wildman–Crippen MR) is 235 cm³/mol. The lowest BCUT2D eigenvalue weighted by atomic mass is 9.93. The minimum atomic E-state index is -0.711. The van der Waals surface area contributed by atoms with E-state index >= 15 is 0 Å². The summed E-state index contributed by atoms with van der Waals surface area (Å²) < 4.78 is 37.9. The zero-order chi connectivity index (χ0) is 45.0. The number of carbonyl (C=O) groups is 5. The van der Waals surface area contributed by atoms with Crippen molar-refractivity contribution in [3.05, 3.63) is 170 Å². The van der Waals surface area contributed by atoms with Gasteiger partial charge in [0.05, 0.1) is 37.5 Å². The van der Waals surface area contributed by atoms with Crippen LogP contribution in [0.3, 0.4) is 0 Å². The van der Waals surface area contributed by atoms with Crippen LogP contribution in [0.4, 0.5) is 0 Å². The van der Waals surface area contributed by atoms with Crippen LogP contribution in [0.2, 0.25) is 10.0 Å². The molecule has 0 spiro atoms. The Hall–Kier alpha value is -6.51. The Morgan fingerprint density at radius 1 is 0.571 bits per heavy atom. The number of ether oxygens (including phenoxy) is 7. The zero-order valence-electron chi connectivity index (χ0n) is 34.6. The number of halogens is 2. The number of carbonyl (C=O) groups excluding carboxylic acids is 5. The SMILES string of the molecule is COc1c(Cl)cc(C(=CCCNC(=O)COCCOCC(=O)OCC(=O)c2ccccc2)c2cc(Cl)c(OC)c(C(=O)OCc3ccccc3)c2)cc1C(=O)OCc1ccccc1. The molecule has 328 valence electrons. The number of ketones is 1. The fourth-order valence-corrected chi connectivity index (χ4v) is 6.63. The third kappa shape index (κ3) is 14.5. The smallest absolute Gasteiger partial charge is 0.342 e. The van der Waals surface area contributed by atoms with Gasteiger partial charge in [-0.25, -0.2) is 14.4 Å². The molecule has 0 aliphatic carbocycles. The lowest BCUT2D eigenvalue weighted by Gasteiger charge is -2.17. The van der Waals surface area contributed by atoms with E-state index in [1.807, 2.05) is 60.7 Å². The number of nitrogens with one attached hydrogen (secondary N) is 1. The lowest BCUT2D eigenvalue weighted by molar-refractivity contribution is -0.148. The number of methoxy groups -OCH3 is 2. The first-order valence-electron chi connectivity index (χ1n) is 19.6. The molecule has 0 bridgehead atoms. The van der Waals surface area contributed by atoms with Gasteiger partial charge in [0.25, 0.3) is 0 Å².